The average Bonchev–Trinajstić information content (AvgIpc) is 2.97. The summed E-state index contributed by atoms with van der Waals surface area (Å²) < 4.78 is 5.81. The molecule has 0 saturated heterocycles. The van der Waals surface area contributed by atoms with Gasteiger partial charge in [-0.1, -0.05) is 47.5 Å². The normalized spacial score (nSPS) is 14.6. The van der Waals surface area contributed by atoms with Gasteiger partial charge in [0.05, 0.1) is 16.7 Å². The van der Waals surface area contributed by atoms with Gasteiger partial charge >= 0.3 is 0 Å². The zero-order chi connectivity index (χ0) is 14.8. The molecule has 0 fully saturated rings. The van der Waals surface area contributed by atoms with Crippen LogP contribution in [0.5, 0.6) is 5.75 Å². The van der Waals surface area contributed by atoms with Crippen molar-refractivity contribution >= 4 is 23.2 Å². The molecule has 0 bridgehead atoms. The molecule has 0 amide bonds. The van der Waals surface area contributed by atoms with Crippen molar-refractivity contribution in [3.63, 3.8) is 0 Å². The average molecular weight is 322 g/mol. The van der Waals surface area contributed by atoms with Crippen molar-refractivity contribution in [1.29, 1.82) is 0 Å². The third-order valence-corrected chi connectivity index (χ3v) is 4.63. The van der Waals surface area contributed by atoms with Gasteiger partial charge in [0.25, 0.3) is 0 Å². The topological polar surface area (TPSA) is 21.3 Å². The summed E-state index contributed by atoms with van der Waals surface area (Å²) in [7, 11) is 1.97. The van der Waals surface area contributed by atoms with Crippen LogP contribution in [0.1, 0.15) is 22.7 Å². The number of ether oxygens (including phenoxy) is 1. The van der Waals surface area contributed by atoms with Gasteiger partial charge in [0.15, 0.2) is 0 Å². The first-order chi connectivity index (χ1) is 10.2. The summed E-state index contributed by atoms with van der Waals surface area (Å²) in [5.41, 5.74) is 3.65. The maximum Gasteiger partial charge on any atom is 0.127 e. The number of likely N-dealkylation sites (N-methyl/N-ethyl adjacent to an activating group) is 1. The van der Waals surface area contributed by atoms with Crippen molar-refractivity contribution in [2.24, 2.45) is 0 Å². The first kappa shape index (κ1) is 14.7. The van der Waals surface area contributed by atoms with Crippen LogP contribution in [-0.4, -0.2) is 13.7 Å². The van der Waals surface area contributed by atoms with Gasteiger partial charge in [-0.05, 0) is 36.7 Å². The Balaban J connectivity index is 1.89. The minimum atomic E-state index is 0.190. The SMILES string of the molecule is CNC(Cc1ccc(Cl)c(Cl)c1)c1cccc2c1OCC2. The van der Waals surface area contributed by atoms with Crippen LogP contribution >= 0.6 is 23.2 Å². The highest BCUT2D eigenvalue weighted by molar-refractivity contribution is 6.42. The fourth-order valence-corrected chi connectivity index (χ4v) is 3.11. The van der Waals surface area contributed by atoms with Crippen LogP contribution in [0.15, 0.2) is 36.4 Å². The molecule has 1 aliphatic rings. The Morgan fingerprint density at radius 3 is 2.81 bits per heavy atom. The van der Waals surface area contributed by atoms with Crippen molar-refractivity contribution in [2.45, 2.75) is 18.9 Å². The van der Waals surface area contributed by atoms with E-state index >= 15 is 0 Å². The number of nitrogens with one attached hydrogen (secondary N) is 1. The molecular formula is C17H17Cl2NO. The Morgan fingerprint density at radius 2 is 2.05 bits per heavy atom. The summed E-state index contributed by atoms with van der Waals surface area (Å²) in [5, 5.41) is 4.56. The molecule has 0 radical (unpaired) electrons. The van der Waals surface area contributed by atoms with E-state index in [-0.39, 0.29) is 6.04 Å². The van der Waals surface area contributed by atoms with Gasteiger partial charge in [-0.25, -0.2) is 0 Å². The Hall–Kier alpha value is -1.22. The summed E-state index contributed by atoms with van der Waals surface area (Å²) in [4.78, 5) is 0. The second-order valence-electron chi connectivity index (χ2n) is 5.23. The quantitative estimate of drug-likeness (QED) is 0.899. The summed E-state index contributed by atoms with van der Waals surface area (Å²) in [6.45, 7) is 0.773. The molecule has 1 heterocycles. The molecule has 3 rings (SSSR count). The van der Waals surface area contributed by atoms with E-state index in [0.29, 0.717) is 10.0 Å². The molecule has 1 aliphatic heterocycles. The Morgan fingerprint density at radius 1 is 1.19 bits per heavy atom. The Kier molecular flexibility index (Phi) is 4.39. The van der Waals surface area contributed by atoms with Crippen LogP contribution in [0.2, 0.25) is 10.0 Å². The Bertz CT molecular complexity index is 657. The van der Waals surface area contributed by atoms with Crippen molar-refractivity contribution in [3.05, 3.63) is 63.1 Å². The first-order valence-electron chi connectivity index (χ1n) is 7.05. The van der Waals surface area contributed by atoms with E-state index in [1.807, 2.05) is 25.2 Å². The van der Waals surface area contributed by atoms with E-state index in [0.717, 1.165) is 30.8 Å². The van der Waals surface area contributed by atoms with Gasteiger partial charge in [-0.2, -0.15) is 0 Å². The highest BCUT2D eigenvalue weighted by Crippen LogP contribution is 2.35. The minimum absolute atomic E-state index is 0.190. The second-order valence-corrected chi connectivity index (χ2v) is 6.04. The lowest BCUT2D eigenvalue weighted by Gasteiger charge is -2.19. The summed E-state index contributed by atoms with van der Waals surface area (Å²) in [6.07, 6.45) is 1.83. The lowest BCUT2D eigenvalue weighted by molar-refractivity contribution is 0.349. The summed E-state index contributed by atoms with van der Waals surface area (Å²) in [5.74, 6) is 1.04. The van der Waals surface area contributed by atoms with Crippen molar-refractivity contribution < 1.29 is 4.74 Å². The van der Waals surface area contributed by atoms with Crippen molar-refractivity contribution in [1.82, 2.24) is 5.32 Å². The predicted octanol–water partition coefficient (Wildman–Crippen LogP) is 4.43. The summed E-state index contributed by atoms with van der Waals surface area (Å²) >= 11 is 12.1. The zero-order valence-electron chi connectivity index (χ0n) is 11.8. The molecular weight excluding hydrogens is 305 g/mol. The standard InChI is InChI=1S/C17H17Cl2NO/c1-20-16(10-11-5-6-14(18)15(19)9-11)13-4-2-3-12-7-8-21-17(12)13/h2-6,9,16,20H,7-8,10H2,1H3. The lowest BCUT2D eigenvalue weighted by atomic mass is 9.96. The van der Waals surface area contributed by atoms with E-state index in [2.05, 4.69) is 23.5 Å². The monoisotopic (exact) mass is 321 g/mol. The Labute approximate surface area is 135 Å². The number of benzene rings is 2. The van der Waals surface area contributed by atoms with Crippen LogP contribution < -0.4 is 10.1 Å². The molecule has 4 heteroatoms. The molecule has 2 aromatic carbocycles. The molecule has 1 unspecified atom stereocenters. The van der Waals surface area contributed by atoms with Crippen molar-refractivity contribution in [2.75, 3.05) is 13.7 Å². The van der Waals surface area contributed by atoms with E-state index in [1.165, 1.54) is 11.1 Å². The number of para-hydroxylation sites is 1. The van der Waals surface area contributed by atoms with Gasteiger partial charge in [0.1, 0.15) is 5.75 Å². The van der Waals surface area contributed by atoms with E-state index in [1.54, 1.807) is 0 Å². The van der Waals surface area contributed by atoms with Crippen LogP contribution in [0.25, 0.3) is 0 Å². The van der Waals surface area contributed by atoms with Gasteiger partial charge in [0, 0.05) is 18.0 Å². The molecule has 1 N–H and O–H groups in total. The smallest absolute Gasteiger partial charge is 0.127 e. The predicted molar refractivity (Wildman–Crippen MR) is 87.6 cm³/mol. The molecule has 0 aromatic heterocycles. The van der Waals surface area contributed by atoms with Crippen LogP contribution in [0.4, 0.5) is 0 Å². The molecule has 0 aliphatic carbocycles. The van der Waals surface area contributed by atoms with Crippen LogP contribution in [0, 0.1) is 0 Å². The maximum absolute atomic E-state index is 6.10. The largest absolute Gasteiger partial charge is 0.493 e. The zero-order valence-corrected chi connectivity index (χ0v) is 13.3. The molecule has 2 aromatic rings. The fourth-order valence-electron chi connectivity index (χ4n) is 2.78. The number of rotatable bonds is 4. The van der Waals surface area contributed by atoms with E-state index in [9.17, 15) is 0 Å². The van der Waals surface area contributed by atoms with Crippen LogP contribution in [-0.2, 0) is 12.8 Å². The number of fused-ring (bicyclic) bond motifs is 1. The van der Waals surface area contributed by atoms with E-state index in [4.69, 9.17) is 27.9 Å². The number of hydrogen-bond acceptors (Lipinski definition) is 2. The highest BCUT2D eigenvalue weighted by Gasteiger charge is 2.21. The third-order valence-electron chi connectivity index (χ3n) is 3.89. The fraction of sp³-hybridized carbons (Fsp3) is 0.294. The number of halogens is 2. The van der Waals surface area contributed by atoms with Crippen molar-refractivity contribution in [3.8, 4) is 5.75 Å². The number of hydrogen-bond donors (Lipinski definition) is 1. The molecule has 2 nitrogen and oxygen atoms in total. The van der Waals surface area contributed by atoms with Gasteiger partial charge < -0.3 is 10.1 Å². The maximum atomic E-state index is 6.10. The van der Waals surface area contributed by atoms with Gasteiger partial charge in [-0.15, -0.1) is 0 Å². The minimum Gasteiger partial charge on any atom is -0.493 e. The van der Waals surface area contributed by atoms with E-state index < -0.39 is 0 Å². The van der Waals surface area contributed by atoms with Gasteiger partial charge in [-0.3, -0.25) is 0 Å². The molecule has 110 valence electrons. The highest BCUT2D eigenvalue weighted by atomic mass is 35.5. The molecule has 0 saturated carbocycles. The summed E-state index contributed by atoms with van der Waals surface area (Å²) in [6, 6.07) is 12.3. The van der Waals surface area contributed by atoms with Gasteiger partial charge in [0.2, 0.25) is 0 Å². The molecule has 21 heavy (non-hydrogen) atoms. The second kappa shape index (κ2) is 6.27. The third kappa shape index (κ3) is 3.03. The molecule has 0 spiro atoms. The van der Waals surface area contributed by atoms with Crippen LogP contribution in [0.3, 0.4) is 0 Å². The first-order valence-corrected chi connectivity index (χ1v) is 7.80. The lowest BCUT2D eigenvalue weighted by Crippen LogP contribution is -2.19. The molecule has 1 atom stereocenters.